The van der Waals surface area contributed by atoms with Gasteiger partial charge in [-0.15, -0.1) is 6.58 Å². The Morgan fingerprint density at radius 2 is 2.20 bits per heavy atom. The van der Waals surface area contributed by atoms with Gasteiger partial charge in [0.1, 0.15) is 5.76 Å². The number of hydrogen-bond donors (Lipinski definition) is 0. The minimum absolute atomic E-state index is 0.0610. The lowest BCUT2D eigenvalue weighted by molar-refractivity contribution is 0.154. The maximum Gasteiger partial charge on any atom is 0.325 e. The van der Waals surface area contributed by atoms with Gasteiger partial charge < -0.3 is 9.64 Å². The minimum Gasteiger partial charge on any atom is -0.494 e. The molecule has 0 bridgehead atoms. The monoisotopic (exact) mass is 336 g/mol. The van der Waals surface area contributed by atoms with Crippen LogP contribution in [0.25, 0.3) is 0 Å². The Morgan fingerprint density at radius 1 is 1.40 bits per heavy atom. The molecule has 2 heterocycles. The summed E-state index contributed by atoms with van der Waals surface area (Å²) in [4.78, 5) is 17.1. The van der Waals surface area contributed by atoms with Gasteiger partial charge >= 0.3 is 6.03 Å². The van der Waals surface area contributed by atoms with Crippen molar-refractivity contribution in [1.82, 2.24) is 4.90 Å². The Morgan fingerprint density at radius 3 is 2.96 bits per heavy atom. The molecule has 3 atom stereocenters. The summed E-state index contributed by atoms with van der Waals surface area (Å²) < 4.78 is 5.74. The van der Waals surface area contributed by atoms with Crippen LogP contribution in [0.4, 0.5) is 10.5 Å². The number of ether oxygens (including phenoxy) is 1. The van der Waals surface area contributed by atoms with E-state index in [0.29, 0.717) is 19.1 Å². The highest BCUT2D eigenvalue weighted by molar-refractivity contribution is 5.97. The average Bonchev–Trinajstić information content (AvgIpc) is 2.93. The number of hydrogen-bond acceptors (Lipinski definition) is 2. The Hall–Kier alpha value is -2.49. The number of allylic oxidation sites excluding steroid dienone is 1. The number of rotatable bonds is 4. The first-order chi connectivity index (χ1) is 12.1. The van der Waals surface area contributed by atoms with Gasteiger partial charge in [0.25, 0.3) is 0 Å². The molecule has 0 radical (unpaired) electrons. The number of nitrogens with zero attached hydrogens (tertiary/aromatic N) is 2. The van der Waals surface area contributed by atoms with Gasteiger partial charge in [-0.05, 0) is 31.1 Å². The fraction of sp³-hybridized carbons (Fsp3) is 0.381. The Balaban J connectivity index is 1.90. The van der Waals surface area contributed by atoms with Crippen molar-refractivity contribution in [3.05, 3.63) is 66.5 Å². The van der Waals surface area contributed by atoms with Crippen LogP contribution in [0.15, 0.2) is 60.9 Å². The largest absolute Gasteiger partial charge is 0.494 e. The second-order valence-corrected chi connectivity index (χ2v) is 6.97. The zero-order valence-corrected chi connectivity index (χ0v) is 14.8. The highest BCUT2D eigenvalue weighted by Crippen LogP contribution is 2.55. The standard InChI is InChI=1S/C21H24N2O2/c1-4-12-22-19-9-7-6-8-17(19)21-11-10-16(25-5-2)13-18(21)15(3)14-23(21)20(22)24/h4,6-11,13,15,18H,1,5,12,14H2,2-3H3. The van der Waals surface area contributed by atoms with E-state index in [2.05, 4.69) is 37.8 Å². The molecule has 4 heteroatoms. The number of carbonyl (C=O) groups excluding carboxylic acids is 1. The number of benzene rings is 1. The van der Waals surface area contributed by atoms with E-state index in [1.54, 1.807) is 6.08 Å². The van der Waals surface area contributed by atoms with Crippen molar-refractivity contribution in [3.63, 3.8) is 0 Å². The highest BCUT2D eigenvalue weighted by Gasteiger charge is 2.58. The molecular formula is C21H24N2O2. The van der Waals surface area contributed by atoms with E-state index in [9.17, 15) is 4.79 Å². The van der Waals surface area contributed by atoms with E-state index >= 15 is 0 Å². The summed E-state index contributed by atoms with van der Waals surface area (Å²) in [6.45, 7) is 9.95. The van der Waals surface area contributed by atoms with Crippen molar-refractivity contribution in [1.29, 1.82) is 0 Å². The third kappa shape index (κ3) is 2.10. The van der Waals surface area contributed by atoms with Gasteiger partial charge in [0.05, 0.1) is 17.8 Å². The minimum atomic E-state index is -0.411. The molecule has 4 rings (SSSR count). The van der Waals surface area contributed by atoms with Crippen molar-refractivity contribution in [2.45, 2.75) is 19.4 Å². The van der Waals surface area contributed by atoms with Gasteiger partial charge in [-0.2, -0.15) is 0 Å². The Bertz CT molecular complexity index is 782. The molecule has 0 N–H and O–H groups in total. The van der Waals surface area contributed by atoms with E-state index in [1.165, 1.54) is 5.56 Å². The summed E-state index contributed by atoms with van der Waals surface area (Å²) in [6.07, 6.45) is 8.20. The summed E-state index contributed by atoms with van der Waals surface area (Å²) in [5.74, 6) is 1.49. The summed E-state index contributed by atoms with van der Waals surface area (Å²) >= 11 is 0. The van der Waals surface area contributed by atoms with Crippen LogP contribution in [0.1, 0.15) is 19.4 Å². The second kappa shape index (κ2) is 5.80. The highest BCUT2D eigenvalue weighted by atomic mass is 16.5. The van der Waals surface area contributed by atoms with Crippen molar-refractivity contribution in [3.8, 4) is 0 Å². The topological polar surface area (TPSA) is 32.8 Å². The molecule has 1 aromatic rings. The molecule has 3 unspecified atom stereocenters. The number of anilines is 1. The molecule has 1 spiro atoms. The zero-order chi connectivity index (χ0) is 17.6. The maximum absolute atomic E-state index is 13.3. The molecule has 0 saturated carbocycles. The fourth-order valence-corrected chi connectivity index (χ4v) is 4.62. The lowest BCUT2D eigenvalue weighted by atomic mass is 9.71. The van der Waals surface area contributed by atoms with Crippen molar-refractivity contribution >= 4 is 11.7 Å². The summed E-state index contributed by atoms with van der Waals surface area (Å²) in [6, 6.07) is 8.31. The van der Waals surface area contributed by atoms with E-state index in [0.717, 1.165) is 18.0 Å². The first-order valence-corrected chi connectivity index (χ1v) is 8.97. The van der Waals surface area contributed by atoms with Gasteiger partial charge in [0, 0.05) is 24.6 Å². The molecule has 1 aromatic carbocycles. The third-order valence-electron chi connectivity index (χ3n) is 5.59. The number of amides is 2. The number of para-hydroxylation sites is 1. The third-order valence-corrected chi connectivity index (χ3v) is 5.59. The molecule has 3 aliphatic rings. The molecule has 2 aliphatic heterocycles. The summed E-state index contributed by atoms with van der Waals surface area (Å²) in [5.41, 5.74) is 1.76. The van der Waals surface area contributed by atoms with Crippen LogP contribution < -0.4 is 4.90 Å². The quantitative estimate of drug-likeness (QED) is 0.777. The molecule has 2 amide bonds. The van der Waals surface area contributed by atoms with Crippen molar-refractivity contribution in [2.75, 3.05) is 24.6 Å². The van der Waals surface area contributed by atoms with Crippen LogP contribution in [-0.4, -0.2) is 30.6 Å². The van der Waals surface area contributed by atoms with E-state index in [-0.39, 0.29) is 11.9 Å². The molecule has 0 aromatic heterocycles. The van der Waals surface area contributed by atoms with Crippen LogP contribution in [-0.2, 0) is 10.3 Å². The van der Waals surface area contributed by atoms with Gasteiger partial charge in [0.2, 0.25) is 0 Å². The van der Waals surface area contributed by atoms with E-state index < -0.39 is 5.54 Å². The van der Waals surface area contributed by atoms with Crippen molar-refractivity contribution < 1.29 is 9.53 Å². The number of fused-ring (bicyclic) bond motifs is 1. The molecule has 1 saturated heterocycles. The average molecular weight is 336 g/mol. The smallest absolute Gasteiger partial charge is 0.325 e. The molecule has 4 nitrogen and oxygen atoms in total. The first-order valence-electron chi connectivity index (χ1n) is 8.97. The van der Waals surface area contributed by atoms with Gasteiger partial charge in [-0.25, -0.2) is 4.79 Å². The van der Waals surface area contributed by atoms with Crippen LogP contribution in [0.2, 0.25) is 0 Å². The zero-order valence-electron chi connectivity index (χ0n) is 14.8. The van der Waals surface area contributed by atoms with E-state index in [1.807, 2.05) is 34.9 Å². The lowest BCUT2D eigenvalue weighted by Crippen LogP contribution is -2.57. The van der Waals surface area contributed by atoms with Crippen LogP contribution in [0.3, 0.4) is 0 Å². The summed E-state index contributed by atoms with van der Waals surface area (Å²) in [5, 5.41) is 0. The van der Waals surface area contributed by atoms with Gasteiger partial charge in [0.15, 0.2) is 0 Å². The summed E-state index contributed by atoms with van der Waals surface area (Å²) in [7, 11) is 0. The predicted molar refractivity (Wildman–Crippen MR) is 99.3 cm³/mol. The first kappa shape index (κ1) is 16.0. The SMILES string of the molecule is C=CCN1C(=O)N2CC(C)C3C=C(OCC)C=CC32c2ccccc21. The fourth-order valence-electron chi connectivity index (χ4n) is 4.62. The maximum atomic E-state index is 13.3. The second-order valence-electron chi connectivity index (χ2n) is 6.97. The number of urea groups is 1. The molecule has 130 valence electrons. The van der Waals surface area contributed by atoms with Crippen LogP contribution in [0.5, 0.6) is 0 Å². The van der Waals surface area contributed by atoms with Gasteiger partial charge in [-0.3, -0.25) is 4.90 Å². The number of carbonyl (C=O) groups is 1. The predicted octanol–water partition coefficient (Wildman–Crippen LogP) is 4.07. The van der Waals surface area contributed by atoms with Crippen molar-refractivity contribution in [2.24, 2.45) is 11.8 Å². The van der Waals surface area contributed by atoms with Crippen LogP contribution >= 0.6 is 0 Å². The Kier molecular flexibility index (Phi) is 3.71. The molecule has 25 heavy (non-hydrogen) atoms. The molecular weight excluding hydrogens is 312 g/mol. The molecule has 1 fully saturated rings. The normalized spacial score (nSPS) is 29.7. The molecule has 1 aliphatic carbocycles. The Labute approximate surface area is 149 Å². The van der Waals surface area contributed by atoms with Gasteiger partial charge in [-0.1, -0.05) is 37.3 Å². The van der Waals surface area contributed by atoms with E-state index in [4.69, 9.17) is 4.74 Å². The lowest BCUT2D eigenvalue weighted by Gasteiger charge is -2.48. The van der Waals surface area contributed by atoms with Crippen LogP contribution in [0, 0.1) is 11.8 Å².